The number of pyridine rings is 1. The lowest BCUT2D eigenvalue weighted by Crippen LogP contribution is -2.03. The first kappa shape index (κ1) is 23.6. The Morgan fingerprint density at radius 3 is 1.79 bits per heavy atom. The van der Waals surface area contributed by atoms with Gasteiger partial charge in [-0.2, -0.15) is 13.2 Å². The first-order chi connectivity index (χ1) is 18.9. The van der Waals surface area contributed by atoms with Crippen LogP contribution < -0.4 is 0 Å². The van der Waals surface area contributed by atoms with Crippen molar-refractivity contribution in [2.75, 3.05) is 0 Å². The molecule has 0 spiro atoms. The zero-order valence-electron chi connectivity index (χ0n) is 20.5. The molecule has 0 saturated heterocycles. The number of aromatic nitrogens is 1. The van der Waals surface area contributed by atoms with Crippen LogP contribution >= 0.6 is 11.3 Å². The minimum absolute atomic E-state index is 0.641. The largest absolute Gasteiger partial charge is 0.416 e. The van der Waals surface area contributed by atoms with Crippen LogP contribution in [-0.4, -0.2) is 4.98 Å². The molecule has 0 saturated carbocycles. The SMILES string of the molecule is FC(F)(F)c1ccc(-c2ccc3ccc(-c4ccc(-c5cccc6c5sc5ncccc56)cc4)cc3c2)cc1. The smallest absolute Gasteiger partial charge is 0.245 e. The van der Waals surface area contributed by atoms with Crippen molar-refractivity contribution in [3.8, 4) is 33.4 Å². The Bertz CT molecular complexity index is 1990. The highest BCUT2D eigenvalue weighted by Crippen LogP contribution is 2.39. The highest BCUT2D eigenvalue weighted by atomic mass is 32.1. The fraction of sp³-hybridized carbons (Fsp3) is 0.0294. The van der Waals surface area contributed by atoms with E-state index in [2.05, 4.69) is 71.7 Å². The molecule has 188 valence electrons. The van der Waals surface area contributed by atoms with Crippen molar-refractivity contribution in [2.45, 2.75) is 6.18 Å². The second-order valence-corrected chi connectivity index (χ2v) is 10.6. The molecule has 39 heavy (non-hydrogen) atoms. The van der Waals surface area contributed by atoms with Gasteiger partial charge in [-0.15, -0.1) is 11.3 Å². The van der Waals surface area contributed by atoms with E-state index < -0.39 is 11.7 Å². The van der Waals surface area contributed by atoms with Crippen LogP contribution in [0.25, 0.3) is 64.5 Å². The Balaban J connectivity index is 1.23. The van der Waals surface area contributed by atoms with Gasteiger partial charge in [-0.1, -0.05) is 78.9 Å². The fourth-order valence-corrected chi connectivity index (χ4v) is 6.34. The Hall–Kier alpha value is -4.48. The number of hydrogen-bond donors (Lipinski definition) is 0. The summed E-state index contributed by atoms with van der Waals surface area (Å²) in [5, 5.41) is 4.53. The minimum Gasteiger partial charge on any atom is -0.245 e. The van der Waals surface area contributed by atoms with E-state index in [-0.39, 0.29) is 0 Å². The summed E-state index contributed by atoms with van der Waals surface area (Å²) >= 11 is 1.72. The molecule has 5 heteroatoms. The molecule has 0 N–H and O–H groups in total. The van der Waals surface area contributed by atoms with Gasteiger partial charge in [-0.25, -0.2) is 4.98 Å². The number of halogens is 3. The monoisotopic (exact) mass is 531 g/mol. The van der Waals surface area contributed by atoms with Crippen molar-refractivity contribution in [3.05, 3.63) is 127 Å². The van der Waals surface area contributed by atoms with Crippen molar-refractivity contribution in [1.29, 1.82) is 0 Å². The maximum absolute atomic E-state index is 13.0. The van der Waals surface area contributed by atoms with Crippen molar-refractivity contribution in [3.63, 3.8) is 0 Å². The van der Waals surface area contributed by atoms with Crippen LogP contribution in [0.4, 0.5) is 13.2 Å². The van der Waals surface area contributed by atoms with Crippen molar-refractivity contribution in [1.82, 2.24) is 4.98 Å². The molecular formula is C34H20F3NS. The van der Waals surface area contributed by atoms with Crippen molar-refractivity contribution < 1.29 is 13.2 Å². The van der Waals surface area contributed by atoms with E-state index in [1.165, 1.54) is 33.2 Å². The highest BCUT2D eigenvalue weighted by Gasteiger charge is 2.30. The summed E-state index contributed by atoms with van der Waals surface area (Å²) in [7, 11) is 0. The highest BCUT2D eigenvalue weighted by molar-refractivity contribution is 7.26. The van der Waals surface area contributed by atoms with E-state index in [1.54, 1.807) is 11.3 Å². The van der Waals surface area contributed by atoms with Crippen LogP contribution in [0, 0.1) is 0 Å². The van der Waals surface area contributed by atoms with Crippen LogP contribution in [-0.2, 0) is 6.18 Å². The maximum atomic E-state index is 13.0. The number of benzene rings is 5. The summed E-state index contributed by atoms with van der Waals surface area (Å²) in [6.07, 6.45) is -2.50. The molecule has 0 aliphatic heterocycles. The third-order valence-corrected chi connectivity index (χ3v) is 8.35. The first-order valence-corrected chi connectivity index (χ1v) is 13.3. The van der Waals surface area contributed by atoms with E-state index in [0.29, 0.717) is 0 Å². The topological polar surface area (TPSA) is 12.9 Å². The fourth-order valence-electron chi connectivity index (χ4n) is 5.16. The van der Waals surface area contributed by atoms with Gasteiger partial charge in [0.25, 0.3) is 0 Å². The molecule has 0 amide bonds. The van der Waals surface area contributed by atoms with E-state index >= 15 is 0 Å². The molecular weight excluding hydrogens is 511 g/mol. The molecule has 7 aromatic rings. The number of nitrogens with zero attached hydrogens (tertiary/aromatic N) is 1. The summed E-state index contributed by atoms with van der Waals surface area (Å²) < 4.78 is 40.1. The predicted molar refractivity (Wildman–Crippen MR) is 156 cm³/mol. The van der Waals surface area contributed by atoms with Crippen LogP contribution in [0.2, 0.25) is 0 Å². The average Bonchev–Trinajstić information content (AvgIpc) is 3.35. The second kappa shape index (κ2) is 9.07. The molecule has 2 heterocycles. The van der Waals surface area contributed by atoms with Gasteiger partial charge in [-0.3, -0.25) is 0 Å². The summed E-state index contributed by atoms with van der Waals surface area (Å²) in [6.45, 7) is 0. The van der Waals surface area contributed by atoms with E-state index in [4.69, 9.17) is 0 Å². The lowest BCUT2D eigenvalue weighted by molar-refractivity contribution is -0.137. The van der Waals surface area contributed by atoms with E-state index in [0.717, 1.165) is 55.6 Å². The summed E-state index contributed by atoms with van der Waals surface area (Å²) in [5.41, 5.74) is 5.54. The number of thiophene rings is 1. The second-order valence-electron chi connectivity index (χ2n) is 9.57. The van der Waals surface area contributed by atoms with Gasteiger partial charge in [-0.05, 0) is 80.6 Å². The minimum atomic E-state index is -4.34. The van der Waals surface area contributed by atoms with Gasteiger partial charge in [0.2, 0.25) is 0 Å². The standard InChI is InChI=1S/C34H20F3NS/c35-34(36,37)28-16-14-22(15-17-28)26-13-9-23-8-12-25(19-27(23)20-26)21-6-10-24(11-7-21)29-3-1-4-30-31-5-2-18-38-33(31)39-32(29)30/h1-20H. The van der Waals surface area contributed by atoms with Crippen LogP contribution in [0.5, 0.6) is 0 Å². The Kier molecular flexibility index (Phi) is 5.49. The van der Waals surface area contributed by atoms with Crippen LogP contribution in [0.15, 0.2) is 121 Å². The molecule has 5 aromatic carbocycles. The lowest BCUT2D eigenvalue weighted by atomic mass is 9.96. The average molecular weight is 532 g/mol. The lowest BCUT2D eigenvalue weighted by Gasteiger charge is -2.10. The normalized spacial score (nSPS) is 12.0. The Labute approximate surface area is 226 Å². The van der Waals surface area contributed by atoms with Gasteiger partial charge >= 0.3 is 6.18 Å². The molecule has 0 bridgehead atoms. The van der Waals surface area contributed by atoms with Crippen LogP contribution in [0.1, 0.15) is 5.56 Å². The predicted octanol–water partition coefficient (Wildman–Crippen LogP) is 10.6. The van der Waals surface area contributed by atoms with Crippen LogP contribution in [0.3, 0.4) is 0 Å². The molecule has 7 rings (SSSR count). The molecule has 0 fully saturated rings. The van der Waals surface area contributed by atoms with Crippen molar-refractivity contribution in [2.24, 2.45) is 0 Å². The zero-order chi connectivity index (χ0) is 26.6. The summed E-state index contributed by atoms with van der Waals surface area (Å²) in [6, 6.07) is 36.7. The van der Waals surface area contributed by atoms with Gasteiger partial charge in [0.05, 0.1) is 5.56 Å². The Morgan fingerprint density at radius 1 is 0.538 bits per heavy atom. The molecule has 0 radical (unpaired) electrons. The van der Waals surface area contributed by atoms with Gasteiger partial charge in [0.15, 0.2) is 0 Å². The van der Waals surface area contributed by atoms with Gasteiger partial charge in [0, 0.05) is 21.7 Å². The van der Waals surface area contributed by atoms with Crippen molar-refractivity contribution >= 4 is 42.4 Å². The number of rotatable bonds is 3. The molecule has 2 aromatic heterocycles. The molecule has 0 aliphatic carbocycles. The third-order valence-electron chi connectivity index (χ3n) is 7.19. The van der Waals surface area contributed by atoms with E-state index in [1.807, 2.05) is 30.5 Å². The maximum Gasteiger partial charge on any atom is 0.416 e. The zero-order valence-corrected chi connectivity index (χ0v) is 21.4. The number of hydrogen-bond acceptors (Lipinski definition) is 2. The molecule has 1 nitrogen and oxygen atoms in total. The summed E-state index contributed by atoms with van der Waals surface area (Å²) in [5.74, 6) is 0. The van der Waals surface area contributed by atoms with Gasteiger partial charge < -0.3 is 0 Å². The number of fused-ring (bicyclic) bond motifs is 4. The van der Waals surface area contributed by atoms with E-state index in [9.17, 15) is 13.2 Å². The Morgan fingerprint density at radius 2 is 1.13 bits per heavy atom. The van der Waals surface area contributed by atoms with Gasteiger partial charge in [0.1, 0.15) is 4.83 Å². The third kappa shape index (κ3) is 4.25. The molecule has 0 aliphatic rings. The molecule has 0 unspecified atom stereocenters. The molecule has 0 atom stereocenters. The quantitative estimate of drug-likeness (QED) is 0.221. The first-order valence-electron chi connectivity index (χ1n) is 12.5. The summed E-state index contributed by atoms with van der Waals surface area (Å²) in [4.78, 5) is 5.59. The number of alkyl halides is 3.